The Labute approximate surface area is 69.2 Å². The largest absolute Gasteiger partial charge is 0.348 e. The molecule has 0 atom stereocenters. The maximum absolute atomic E-state index is 11.1. The highest BCUT2D eigenvalue weighted by Gasteiger charge is 2.20. The van der Waals surface area contributed by atoms with Gasteiger partial charge in [0.05, 0.1) is 5.69 Å². The van der Waals surface area contributed by atoms with E-state index in [1.165, 1.54) is 0 Å². The number of amides is 1. The molecule has 1 aliphatic heterocycles. The Morgan fingerprint density at radius 1 is 1.50 bits per heavy atom. The molecule has 4 nitrogen and oxygen atoms in total. The Morgan fingerprint density at radius 3 is 3.08 bits per heavy atom. The zero-order valence-electron chi connectivity index (χ0n) is 6.29. The highest BCUT2D eigenvalue weighted by atomic mass is 16.5. The Hall–Kier alpha value is -1.55. The van der Waals surface area contributed by atoms with E-state index in [4.69, 9.17) is 5.21 Å². The van der Waals surface area contributed by atoms with Crippen molar-refractivity contribution in [3.63, 3.8) is 0 Å². The maximum atomic E-state index is 11.1. The molecule has 0 radical (unpaired) electrons. The first-order valence-electron chi connectivity index (χ1n) is 3.63. The number of carbonyl (C=O) groups is 1. The van der Waals surface area contributed by atoms with Crippen molar-refractivity contribution >= 4 is 11.6 Å². The predicted octanol–water partition coefficient (Wildman–Crippen LogP) is 0.731. The molecule has 0 spiro atoms. The van der Waals surface area contributed by atoms with E-state index in [-0.39, 0.29) is 5.91 Å². The number of hydrogen-bond donors (Lipinski definition) is 3. The van der Waals surface area contributed by atoms with Crippen LogP contribution < -0.4 is 10.8 Å². The molecular formula is C8H8N2O2. The Morgan fingerprint density at radius 2 is 2.33 bits per heavy atom. The quantitative estimate of drug-likeness (QED) is 0.536. The van der Waals surface area contributed by atoms with Crippen molar-refractivity contribution in [1.82, 2.24) is 5.32 Å². The molecule has 0 aromatic heterocycles. The lowest BCUT2D eigenvalue weighted by atomic mass is 10.1. The molecular weight excluding hydrogens is 156 g/mol. The first-order chi connectivity index (χ1) is 5.83. The SMILES string of the molecule is O=C1NCc2c(NO)cccc21. The van der Waals surface area contributed by atoms with Gasteiger partial charge in [0.1, 0.15) is 0 Å². The lowest BCUT2D eigenvalue weighted by Crippen LogP contribution is -2.12. The number of rotatable bonds is 1. The summed E-state index contributed by atoms with van der Waals surface area (Å²) in [6.07, 6.45) is 0. The van der Waals surface area contributed by atoms with Crippen molar-refractivity contribution in [2.75, 3.05) is 5.48 Å². The Bertz CT molecular complexity index is 336. The second-order valence-electron chi connectivity index (χ2n) is 2.63. The Kier molecular flexibility index (Phi) is 1.48. The first kappa shape index (κ1) is 7.12. The fourth-order valence-electron chi connectivity index (χ4n) is 1.36. The summed E-state index contributed by atoms with van der Waals surface area (Å²) >= 11 is 0. The molecule has 1 aromatic carbocycles. The van der Waals surface area contributed by atoms with Gasteiger partial charge in [-0.05, 0) is 12.1 Å². The van der Waals surface area contributed by atoms with Crippen LogP contribution in [0.4, 0.5) is 5.69 Å². The van der Waals surface area contributed by atoms with E-state index in [1.54, 1.807) is 18.2 Å². The predicted molar refractivity (Wildman–Crippen MR) is 43.0 cm³/mol. The van der Waals surface area contributed by atoms with Crippen LogP contribution in [0.1, 0.15) is 15.9 Å². The van der Waals surface area contributed by atoms with Crippen LogP contribution in [0.25, 0.3) is 0 Å². The van der Waals surface area contributed by atoms with E-state index < -0.39 is 0 Å². The van der Waals surface area contributed by atoms with Crippen molar-refractivity contribution < 1.29 is 10.0 Å². The summed E-state index contributed by atoms with van der Waals surface area (Å²) < 4.78 is 0. The van der Waals surface area contributed by atoms with E-state index >= 15 is 0 Å². The van der Waals surface area contributed by atoms with Gasteiger partial charge in [-0.15, -0.1) is 0 Å². The van der Waals surface area contributed by atoms with Crippen LogP contribution >= 0.6 is 0 Å². The summed E-state index contributed by atoms with van der Waals surface area (Å²) in [5.74, 6) is -0.0814. The summed E-state index contributed by atoms with van der Waals surface area (Å²) in [6, 6.07) is 5.18. The number of nitrogens with one attached hydrogen (secondary N) is 2. The summed E-state index contributed by atoms with van der Waals surface area (Å²) in [6.45, 7) is 0.484. The second kappa shape index (κ2) is 2.49. The zero-order chi connectivity index (χ0) is 8.55. The van der Waals surface area contributed by atoms with Crippen LogP contribution in [0.3, 0.4) is 0 Å². The third-order valence-electron chi connectivity index (χ3n) is 1.97. The van der Waals surface area contributed by atoms with Crippen LogP contribution in [0.2, 0.25) is 0 Å². The van der Waals surface area contributed by atoms with E-state index in [2.05, 4.69) is 10.8 Å². The molecule has 0 fully saturated rings. The molecule has 1 heterocycles. The normalized spacial score (nSPS) is 13.9. The van der Waals surface area contributed by atoms with Gasteiger partial charge in [-0.1, -0.05) is 6.07 Å². The lowest BCUT2D eigenvalue weighted by Gasteiger charge is -2.02. The molecule has 0 aliphatic carbocycles. The minimum atomic E-state index is -0.0814. The van der Waals surface area contributed by atoms with Crippen molar-refractivity contribution in [2.45, 2.75) is 6.54 Å². The minimum absolute atomic E-state index is 0.0814. The fourth-order valence-corrected chi connectivity index (χ4v) is 1.36. The van der Waals surface area contributed by atoms with E-state index in [1.807, 2.05) is 0 Å². The van der Waals surface area contributed by atoms with E-state index in [0.29, 0.717) is 17.8 Å². The molecule has 1 amide bonds. The molecule has 12 heavy (non-hydrogen) atoms. The smallest absolute Gasteiger partial charge is 0.251 e. The minimum Gasteiger partial charge on any atom is -0.348 e. The lowest BCUT2D eigenvalue weighted by molar-refractivity contribution is 0.0966. The van der Waals surface area contributed by atoms with Gasteiger partial charge in [0.2, 0.25) is 0 Å². The van der Waals surface area contributed by atoms with Crippen molar-refractivity contribution in [2.24, 2.45) is 0 Å². The first-order valence-corrected chi connectivity index (χ1v) is 3.63. The summed E-state index contributed by atoms with van der Waals surface area (Å²) in [7, 11) is 0. The number of carbonyl (C=O) groups excluding carboxylic acids is 1. The summed E-state index contributed by atoms with van der Waals surface area (Å²) in [5.41, 5.74) is 4.10. The number of anilines is 1. The van der Waals surface area contributed by atoms with Crippen LogP contribution in [0, 0.1) is 0 Å². The van der Waals surface area contributed by atoms with Crippen LogP contribution in [-0.4, -0.2) is 11.1 Å². The Balaban J connectivity index is 2.58. The zero-order valence-corrected chi connectivity index (χ0v) is 6.29. The molecule has 1 aromatic rings. The van der Waals surface area contributed by atoms with Gasteiger partial charge < -0.3 is 5.32 Å². The second-order valence-corrected chi connectivity index (χ2v) is 2.63. The summed E-state index contributed by atoms with van der Waals surface area (Å²) in [4.78, 5) is 11.1. The van der Waals surface area contributed by atoms with E-state index in [9.17, 15) is 4.79 Å². The molecule has 0 saturated carbocycles. The highest BCUT2D eigenvalue weighted by molar-refractivity contribution is 5.99. The van der Waals surface area contributed by atoms with Gasteiger partial charge in [-0.2, -0.15) is 0 Å². The van der Waals surface area contributed by atoms with Crippen molar-refractivity contribution in [3.8, 4) is 0 Å². The third-order valence-corrected chi connectivity index (χ3v) is 1.97. The van der Waals surface area contributed by atoms with E-state index in [0.717, 1.165) is 5.56 Å². The van der Waals surface area contributed by atoms with Crippen molar-refractivity contribution in [3.05, 3.63) is 29.3 Å². The summed E-state index contributed by atoms with van der Waals surface area (Å²) in [5, 5.41) is 11.4. The highest BCUT2D eigenvalue weighted by Crippen LogP contribution is 2.23. The molecule has 0 unspecified atom stereocenters. The number of benzene rings is 1. The topological polar surface area (TPSA) is 61.4 Å². The standard InChI is InChI=1S/C8H8N2O2/c11-8-5-2-1-3-7(10-12)6(5)4-9-8/h1-3,10,12H,4H2,(H,9,11). The van der Waals surface area contributed by atoms with Crippen LogP contribution in [0.5, 0.6) is 0 Å². The molecule has 4 heteroatoms. The van der Waals surface area contributed by atoms with Gasteiger partial charge in [0.25, 0.3) is 5.91 Å². The maximum Gasteiger partial charge on any atom is 0.251 e. The van der Waals surface area contributed by atoms with Crippen LogP contribution in [-0.2, 0) is 6.54 Å². The molecule has 3 N–H and O–H groups in total. The number of fused-ring (bicyclic) bond motifs is 1. The van der Waals surface area contributed by atoms with Gasteiger partial charge in [-0.25, -0.2) is 0 Å². The third kappa shape index (κ3) is 0.853. The fraction of sp³-hybridized carbons (Fsp3) is 0.125. The molecule has 62 valence electrons. The molecule has 2 rings (SSSR count). The van der Waals surface area contributed by atoms with Gasteiger partial charge in [-0.3, -0.25) is 15.5 Å². The molecule has 1 aliphatic rings. The average Bonchev–Trinajstić information content (AvgIpc) is 2.48. The molecule has 0 bridgehead atoms. The average molecular weight is 164 g/mol. The van der Waals surface area contributed by atoms with Gasteiger partial charge in [0.15, 0.2) is 0 Å². The van der Waals surface area contributed by atoms with Gasteiger partial charge in [0, 0.05) is 17.7 Å². The van der Waals surface area contributed by atoms with Crippen molar-refractivity contribution in [1.29, 1.82) is 0 Å². The van der Waals surface area contributed by atoms with Crippen LogP contribution in [0.15, 0.2) is 18.2 Å². The number of hydrogen-bond acceptors (Lipinski definition) is 3. The monoisotopic (exact) mass is 164 g/mol. The van der Waals surface area contributed by atoms with Gasteiger partial charge >= 0.3 is 0 Å². The molecule has 0 saturated heterocycles.